The molecule has 1 aromatic rings. The van der Waals surface area contributed by atoms with Crippen molar-refractivity contribution in [3.8, 4) is 5.75 Å². The fourth-order valence-electron chi connectivity index (χ4n) is 1.47. The van der Waals surface area contributed by atoms with Crippen LogP contribution in [0.4, 0.5) is 0 Å². The quantitative estimate of drug-likeness (QED) is 0.669. The SMILES string of the molecule is CCCNCC(C)OCCOc1ccccc1. The topological polar surface area (TPSA) is 30.5 Å². The minimum atomic E-state index is 0.237. The van der Waals surface area contributed by atoms with Gasteiger partial charge in [-0.25, -0.2) is 0 Å². The second-order valence-corrected chi connectivity index (χ2v) is 4.05. The first-order valence-electron chi connectivity index (χ1n) is 6.33. The van der Waals surface area contributed by atoms with Crippen molar-refractivity contribution in [1.29, 1.82) is 0 Å². The number of ether oxygens (including phenoxy) is 2. The zero-order valence-corrected chi connectivity index (χ0v) is 10.8. The average molecular weight is 237 g/mol. The summed E-state index contributed by atoms with van der Waals surface area (Å²) in [4.78, 5) is 0. The molecule has 1 unspecified atom stereocenters. The molecule has 0 saturated heterocycles. The van der Waals surface area contributed by atoms with Crippen molar-refractivity contribution in [3.05, 3.63) is 30.3 Å². The molecule has 0 aromatic heterocycles. The summed E-state index contributed by atoms with van der Waals surface area (Å²) < 4.78 is 11.2. The van der Waals surface area contributed by atoms with Crippen LogP contribution < -0.4 is 10.1 Å². The molecule has 0 bridgehead atoms. The Balaban J connectivity index is 2.00. The number of hydrogen-bond donors (Lipinski definition) is 1. The maximum absolute atomic E-state index is 5.62. The number of nitrogens with one attached hydrogen (secondary N) is 1. The molecule has 1 N–H and O–H groups in total. The van der Waals surface area contributed by atoms with E-state index in [0.717, 1.165) is 25.3 Å². The summed E-state index contributed by atoms with van der Waals surface area (Å²) in [7, 11) is 0. The van der Waals surface area contributed by atoms with Crippen LogP contribution in [0, 0.1) is 0 Å². The van der Waals surface area contributed by atoms with Gasteiger partial charge in [0.1, 0.15) is 12.4 Å². The third-order valence-electron chi connectivity index (χ3n) is 2.36. The molecule has 1 rings (SSSR count). The monoisotopic (exact) mass is 237 g/mol. The Labute approximate surface area is 104 Å². The van der Waals surface area contributed by atoms with Crippen LogP contribution in [0.25, 0.3) is 0 Å². The summed E-state index contributed by atoms with van der Waals surface area (Å²) in [5, 5.41) is 3.33. The third kappa shape index (κ3) is 6.97. The summed E-state index contributed by atoms with van der Waals surface area (Å²) in [6, 6.07) is 9.81. The molecule has 0 amide bonds. The van der Waals surface area contributed by atoms with E-state index >= 15 is 0 Å². The molecule has 0 radical (unpaired) electrons. The Hall–Kier alpha value is -1.06. The van der Waals surface area contributed by atoms with E-state index in [2.05, 4.69) is 19.2 Å². The maximum atomic E-state index is 5.62. The fraction of sp³-hybridized carbons (Fsp3) is 0.571. The number of rotatable bonds is 9. The van der Waals surface area contributed by atoms with Gasteiger partial charge in [0.25, 0.3) is 0 Å². The van der Waals surface area contributed by atoms with E-state index in [9.17, 15) is 0 Å². The normalized spacial score (nSPS) is 12.4. The van der Waals surface area contributed by atoms with E-state index in [1.165, 1.54) is 0 Å². The summed E-state index contributed by atoms with van der Waals surface area (Å²) in [6.07, 6.45) is 1.39. The van der Waals surface area contributed by atoms with E-state index in [1.807, 2.05) is 30.3 Å². The predicted molar refractivity (Wildman–Crippen MR) is 70.5 cm³/mol. The number of para-hydroxylation sites is 1. The van der Waals surface area contributed by atoms with Crippen molar-refractivity contribution >= 4 is 0 Å². The molecule has 3 nitrogen and oxygen atoms in total. The van der Waals surface area contributed by atoms with Crippen LogP contribution in [0.3, 0.4) is 0 Å². The lowest BCUT2D eigenvalue weighted by molar-refractivity contribution is 0.0449. The van der Waals surface area contributed by atoms with Crippen LogP contribution in [-0.2, 0) is 4.74 Å². The second kappa shape index (κ2) is 9.02. The number of hydrogen-bond acceptors (Lipinski definition) is 3. The molecule has 0 spiro atoms. The second-order valence-electron chi connectivity index (χ2n) is 4.05. The van der Waals surface area contributed by atoms with Gasteiger partial charge in [-0.1, -0.05) is 25.1 Å². The van der Waals surface area contributed by atoms with Gasteiger partial charge < -0.3 is 14.8 Å². The van der Waals surface area contributed by atoms with Crippen LogP contribution in [0.2, 0.25) is 0 Å². The molecular formula is C14H23NO2. The highest BCUT2D eigenvalue weighted by Crippen LogP contribution is 2.07. The van der Waals surface area contributed by atoms with E-state index in [-0.39, 0.29) is 6.10 Å². The molecule has 3 heteroatoms. The van der Waals surface area contributed by atoms with Crippen molar-refractivity contribution in [2.24, 2.45) is 0 Å². The maximum Gasteiger partial charge on any atom is 0.119 e. The van der Waals surface area contributed by atoms with Gasteiger partial charge >= 0.3 is 0 Å². The van der Waals surface area contributed by atoms with Gasteiger partial charge in [-0.05, 0) is 32.0 Å². The summed E-state index contributed by atoms with van der Waals surface area (Å²) >= 11 is 0. The van der Waals surface area contributed by atoms with Gasteiger partial charge in [-0.2, -0.15) is 0 Å². The summed E-state index contributed by atoms with van der Waals surface area (Å²) in [5.41, 5.74) is 0. The van der Waals surface area contributed by atoms with Crippen LogP contribution >= 0.6 is 0 Å². The van der Waals surface area contributed by atoms with Crippen molar-refractivity contribution < 1.29 is 9.47 Å². The minimum Gasteiger partial charge on any atom is -0.491 e. The Kier molecular flexibility index (Phi) is 7.43. The molecule has 0 aliphatic heterocycles. The van der Waals surface area contributed by atoms with Gasteiger partial charge in [-0.15, -0.1) is 0 Å². The largest absolute Gasteiger partial charge is 0.491 e. The number of benzene rings is 1. The molecule has 0 fully saturated rings. The lowest BCUT2D eigenvalue weighted by atomic mass is 10.3. The van der Waals surface area contributed by atoms with Gasteiger partial charge in [0, 0.05) is 6.54 Å². The van der Waals surface area contributed by atoms with Crippen LogP contribution in [0.15, 0.2) is 30.3 Å². The van der Waals surface area contributed by atoms with Crippen molar-refractivity contribution in [1.82, 2.24) is 5.32 Å². The van der Waals surface area contributed by atoms with Crippen LogP contribution in [-0.4, -0.2) is 32.4 Å². The van der Waals surface area contributed by atoms with E-state index in [0.29, 0.717) is 13.2 Å². The molecule has 96 valence electrons. The van der Waals surface area contributed by atoms with Crippen molar-refractivity contribution in [2.75, 3.05) is 26.3 Å². The van der Waals surface area contributed by atoms with Crippen LogP contribution in [0.5, 0.6) is 5.75 Å². The van der Waals surface area contributed by atoms with Gasteiger partial charge in [0.2, 0.25) is 0 Å². The van der Waals surface area contributed by atoms with E-state index in [1.54, 1.807) is 0 Å². The highest BCUT2D eigenvalue weighted by Gasteiger charge is 2.00. The standard InChI is InChI=1S/C14H23NO2/c1-3-9-15-12-13(2)16-10-11-17-14-7-5-4-6-8-14/h4-8,13,15H,3,9-12H2,1-2H3. The predicted octanol–water partition coefficient (Wildman–Crippen LogP) is 2.47. The zero-order chi connectivity index (χ0) is 12.3. The van der Waals surface area contributed by atoms with Crippen molar-refractivity contribution in [3.63, 3.8) is 0 Å². The van der Waals surface area contributed by atoms with Crippen LogP contribution in [0.1, 0.15) is 20.3 Å². The molecule has 0 aliphatic rings. The third-order valence-corrected chi connectivity index (χ3v) is 2.36. The van der Waals surface area contributed by atoms with E-state index in [4.69, 9.17) is 9.47 Å². The molecule has 0 aliphatic carbocycles. The highest BCUT2D eigenvalue weighted by molar-refractivity contribution is 5.20. The Morgan fingerprint density at radius 1 is 1.18 bits per heavy atom. The first-order valence-corrected chi connectivity index (χ1v) is 6.33. The minimum absolute atomic E-state index is 0.237. The Bertz CT molecular complexity index is 277. The van der Waals surface area contributed by atoms with E-state index < -0.39 is 0 Å². The summed E-state index contributed by atoms with van der Waals surface area (Å²) in [6.45, 7) is 7.41. The fourth-order valence-corrected chi connectivity index (χ4v) is 1.47. The zero-order valence-electron chi connectivity index (χ0n) is 10.8. The molecule has 0 heterocycles. The molecular weight excluding hydrogens is 214 g/mol. The van der Waals surface area contributed by atoms with Gasteiger partial charge in [-0.3, -0.25) is 0 Å². The first kappa shape index (κ1) is 14.0. The van der Waals surface area contributed by atoms with Crippen molar-refractivity contribution in [2.45, 2.75) is 26.4 Å². The van der Waals surface area contributed by atoms with Gasteiger partial charge in [0.15, 0.2) is 0 Å². The molecule has 1 atom stereocenters. The van der Waals surface area contributed by atoms with Gasteiger partial charge in [0.05, 0.1) is 12.7 Å². The average Bonchev–Trinajstić information content (AvgIpc) is 2.36. The Morgan fingerprint density at radius 2 is 1.94 bits per heavy atom. The molecule has 17 heavy (non-hydrogen) atoms. The lowest BCUT2D eigenvalue weighted by Crippen LogP contribution is -2.28. The Morgan fingerprint density at radius 3 is 2.65 bits per heavy atom. The lowest BCUT2D eigenvalue weighted by Gasteiger charge is -2.14. The smallest absolute Gasteiger partial charge is 0.119 e. The molecule has 0 saturated carbocycles. The summed E-state index contributed by atoms with van der Waals surface area (Å²) in [5.74, 6) is 0.896. The first-order chi connectivity index (χ1) is 8.33. The molecule has 1 aromatic carbocycles. The highest BCUT2D eigenvalue weighted by atomic mass is 16.5.